The summed E-state index contributed by atoms with van der Waals surface area (Å²) in [4.78, 5) is 30.0. The highest BCUT2D eigenvalue weighted by Crippen LogP contribution is 2.41. The van der Waals surface area contributed by atoms with Gasteiger partial charge in [0.2, 0.25) is 0 Å². The van der Waals surface area contributed by atoms with Crippen LogP contribution in [0.1, 0.15) is 59.9 Å². The largest absolute Gasteiger partial charge is 0.493 e. The molecule has 3 aromatic heterocycles. The molecule has 0 spiro atoms. The number of ether oxygens (including phenoxy) is 2. The molecule has 0 aliphatic carbocycles. The second-order valence-electron chi connectivity index (χ2n) is 8.83. The molecule has 2 aliphatic rings. The van der Waals surface area contributed by atoms with Crippen molar-refractivity contribution < 1.29 is 46.1 Å². The summed E-state index contributed by atoms with van der Waals surface area (Å²) < 4.78 is 70.8. The predicted molar refractivity (Wildman–Crippen MR) is 122 cm³/mol. The first-order valence-electron chi connectivity index (χ1n) is 11.5. The van der Waals surface area contributed by atoms with Crippen LogP contribution >= 0.6 is 0 Å². The number of carboxylic acid groups (broad SMARTS) is 1. The van der Waals surface area contributed by atoms with Gasteiger partial charge < -0.3 is 24.3 Å². The maximum Gasteiger partial charge on any atom is 0.490 e. The van der Waals surface area contributed by atoms with Crippen LogP contribution in [0.2, 0.25) is 0 Å². The van der Waals surface area contributed by atoms with Gasteiger partial charge in [0.1, 0.15) is 11.4 Å². The number of nitrogens with one attached hydrogen (secondary N) is 1. The molecule has 14 heteroatoms. The number of nitrogens with zero attached hydrogens (tertiary/aromatic N) is 3. The van der Waals surface area contributed by atoms with Crippen LogP contribution in [0.15, 0.2) is 36.7 Å². The second-order valence-corrected chi connectivity index (χ2v) is 8.83. The summed E-state index contributed by atoms with van der Waals surface area (Å²) in [7, 11) is 1.54. The molecule has 2 fully saturated rings. The highest BCUT2D eigenvalue weighted by Gasteiger charge is 2.38. The maximum atomic E-state index is 12.9. The number of alkyl halides is 5. The van der Waals surface area contributed by atoms with E-state index < -0.39 is 30.2 Å². The molecular formula is C24H23F5N4O5. The number of fused-ring (bicyclic) bond motifs is 3. The molecule has 2 aliphatic heterocycles. The van der Waals surface area contributed by atoms with Crippen molar-refractivity contribution in [3.8, 4) is 5.75 Å². The van der Waals surface area contributed by atoms with E-state index in [1.165, 1.54) is 25.3 Å². The van der Waals surface area contributed by atoms with Crippen molar-refractivity contribution >= 4 is 23.2 Å². The summed E-state index contributed by atoms with van der Waals surface area (Å²) in [5.41, 5.74) is 1.57. The van der Waals surface area contributed by atoms with Gasteiger partial charge in [-0.1, -0.05) is 6.07 Å². The molecule has 204 valence electrons. The third kappa shape index (κ3) is 6.18. The van der Waals surface area contributed by atoms with Crippen LogP contribution in [0, 0.1) is 0 Å². The number of aliphatic carboxylic acids is 1. The fraction of sp³-hybridized carbons (Fsp3) is 0.417. The first-order valence-corrected chi connectivity index (χ1v) is 11.5. The SMILES string of the molecule is COc1cc(NC(=O)c2cccc(C(F)F)n2)cn2cc(C3CC4CCC(C3)O4)nc12.O=C(O)C(F)(F)F. The van der Waals surface area contributed by atoms with Crippen LogP contribution in [0.3, 0.4) is 0 Å². The Kier molecular flexibility index (Phi) is 7.81. The number of methoxy groups -OCH3 is 1. The number of imidazole rings is 1. The Balaban J connectivity index is 0.000000426. The van der Waals surface area contributed by atoms with E-state index in [1.54, 1.807) is 12.3 Å². The zero-order valence-corrected chi connectivity index (χ0v) is 19.9. The first kappa shape index (κ1) is 27.2. The Labute approximate surface area is 212 Å². The molecule has 2 unspecified atom stereocenters. The molecule has 38 heavy (non-hydrogen) atoms. The van der Waals surface area contributed by atoms with Gasteiger partial charge in [0.15, 0.2) is 11.4 Å². The van der Waals surface area contributed by atoms with Crippen LogP contribution in [0.4, 0.5) is 27.6 Å². The number of aromatic nitrogens is 3. The average molecular weight is 542 g/mol. The minimum atomic E-state index is -5.08. The standard InChI is InChI=1S/C22H22F2N4O3.C2HF3O2/c1-30-19-9-13(25-22(29)17-4-2-3-16(26-17)20(23)24)10-28-11-18(27-21(19)28)12-7-14-5-6-15(8-12)31-14;3-2(4,5)1(6)7/h2-4,9-12,14-15,20H,5-8H2,1H3,(H,25,29);(H,6,7). The monoisotopic (exact) mass is 542 g/mol. The van der Waals surface area contributed by atoms with E-state index in [4.69, 9.17) is 24.4 Å². The lowest BCUT2D eigenvalue weighted by atomic mass is 9.93. The fourth-order valence-electron chi connectivity index (χ4n) is 4.50. The van der Waals surface area contributed by atoms with E-state index in [1.807, 2.05) is 10.6 Å². The van der Waals surface area contributed by atoms with E-state index in [2.05, 4.69) is 10.3 Å². The Morgan fingerprint density at radius 1 is 1.16 bits per heavy atom. The molecule has 1 amide bonds. The van der Waals surface area contributed by atoms with Crippen LogP contribution in [-0.2, 0) is 9.53 Å². The number of anilines is 1. The van der Waals surface area contributed by atoms with Crippen molar-refractivity contribution in [2.45, 2.75) is 56.4 Å². The summed E-state index contributed by atoms with van der Waals surface area (Å²) >= 11 is 0. The van der Waals surface area contributed by atoms with Crippen molar-refractivity contribution in [3.63, 3.8) is 0 Å². The summed E-state index contributed by atoms with van der Waals surface area (Å²) in [5.74, 6) is -2.50. The molecule has 2 bridgehead atoms. The number of carbonyl (C=O) groups excluding carboxylic acids is 1. The van der Waals surface area contributed by atoms with Crippen molar-refractivity contribution in [2.75, 3.05) is 12.4 Å². The number of carboxylic acids is 1. The predicted octanol–water partition coefficient (Wildman–Crippen LogP) is 4.99. The molecule has 5 heterocycles. The van der Waals surface area contributed by atoms with E-state index in [0.29, 0.717) is 35.2 Å². The van der Waals surface area contributed by atoms with E-state index >= 15 is 0 Å². The van der Waals surface area contributed by atoms with Crippen molar-refractivity contribution in [3.05, 3.63) is 53.7 Å². The number of rotatable bonds is 5. The summed E-state index contributed by atoms with van der Waals surface area (Å²) in [5, 5.41) is 9.83. The van der Waals surface area contributed by atoms with Gasteiger partial charge in [0.05, 0.1) is 30.7 Å². The topological polar surface area (TPSA) is 115 Å². The maximum absolute atomic E-state index is 12.9. The van der Waals surface area contributed by atoms with Gasteiger partial charge in [-0.3, -0.25) is 4.79 Å². The first-order chi connectivity index (χ1) is 17.9. The zero-order valence-electron chi connectivity index (χ0n) is 19.9. The van der Waals surface area contributed by atoms with Crippen molar-refractivity contribution in [2.24, 2.45) is 0 Å². The third-order valence-electron chi connectivity index (χ3n) is 6.19. The lowest BCUT2D eigenvalue weighted by Gasteiger charge is -2.26. The highest BCUT2D eigenvalue weighted by atomic mass is 19.4. The van der Waals surface area contributed by atoms with Gasteiger partial charge in [0, 0.05) is 24.4 Å². The number of hydrogen-bond donors (Lipinski definition) is 2. The smallest absolute Gasteiger partial charge is 0.490 e. The van der Waals surface area contributed by atoms with E-state index in [9.17, 15) is 26.7 Å². The van der Waals surface area contributed by atoms with Gasteiger partial charge in [-0.2, -0.15) is 13.2 Å². The minimum absolute atomic E-state index is 0.0825. The third-order valence-corrected chi connectivity index (χ3v) is 6.19. The lowest BCUT2D eigenvalue weighted by molar-refractivity contribution is -0.192. The number of carbonyl (C=O) groups is 2. The van der Waals surface area contributed by atoms with Crippen molar-refractivity contribution in [1.29, 1.82) is 0 Å². The summed E-state index contributed by atoms with van der Waals surface area (Å²) in [6, 6.07) is 5.63. The number of pyridine rings is 2. The molecular weight excluding hydrogens is 519 g/mol. The van der Waals surface area contributed by atoms with Crippen molar-refractivity contribution in [1.82, 2.24) is 14.4 Å². The Bertz CT molecular complexity index is 1320. The van der Waals surface area contributed by atoms with Gasteiger partial charge in [-0.15, -0.1) is 0 Å². The average Bonchev–Trinajstić information content (AvgIpc) is 3.45. The van der Waals surface area contributed by atoms with Gasteiger partial charge in [-0.05, 0) is 37.8 Å². The molecule has 0 radical (unpaired) electrons. The second kappa shape index (κ2) is 10.9. The zero-order chi connectivity index (χ0) is 27.6. The number of amides is 1. The minimum Gasteiger partial charge on any atom is -0.493 e. The molecule has 3 aromatic rings. The van der Waals surface area contributed by atoms with Crippen LogP contribution in [0.25, 0.3) is 5.65 Å². The number of halogens is 5. The van der Waals surface area contributed by atoms with E-state index in [0.717, 1.165) is 31.4 Å². The van der Waals surface area contributed by atoms with Crippen LogP contribution < -0.4 is 10.1 Å². The molecule has 2 saturated heterocycles. The molecule has 0 saturated carbocycles. The van der Waals surface area contributed by atoms with Gasteiger partial charge in [-0.25, -0.2) is 23.5 Å². The number of hydrogen-bond acceptors (Lipinski definition) is 6. The van der Waals surface area contributed by atoms with Gasteiger partial charge >= 0.3 is 12.1 Å². The Hall–Kier alpha value is -3.81. The molecule has 9 nitrogen and oxygen atoms in total. The Morgan fingerprint density at radius 3 is 2.39 bits per heavy atom. The van der Waals surface area contributed by atoms with Gasteiger partial charge in [0.25, 0.3) is 12.3 Å². The summed E-state index contributed by atoms with van der Waals surface area (Å²) in [6.45, 7) is 0. The molecule has 2 N–H and O–H groups in total. The molecule has 5 rings (SSSR count). The van der Waals surface area contributed by atoms with Crippen LogP contribution in [-0.4, -0.2) is 56.8 Å². The molecule has 0 aromatic carbocycles. The molecule has 2 atom stereocenters. The lowest BCUT2D eigenvalue weighted by Crippen LogP contribution is -2.23. The normalized spacial score (nSPS) is 20.7. The summed E-state index contributed by atoms with van der Waals surface area (Å²) in [6.07, 6.45) is 0.605. The highest BCUT2D eigenvalue weighted by molar-refractivity contribution is 6.03. The fourth-order valence-corrected chi connectivity index (χ4v) is 4.50. The quantitative estimate of drug-likeness (QED) is 0.437. The van der Waals surface area contributed by atoms with Crippen LogP contribution in [0.5, 0.6) is 5.75 Å². The van der Waals surface area contributed by atoms with E-state index in [-0.39, 0.29) is 5.69 Å². The Morgan fingerprint density at radius 2 is 1.82 bits per heavy atom.